The minimum Gasteiger partial charge on any atom is -0.308 e. The second-order valence-electron chi connectivity index (χ2n) is 4.70. The molecule has 1 atom stereocenters. The number of rotatable bonds is 9. The van der Waals surface area contributed by atoms with Crippen LogP contribution in [0.25, 0.3) is 0 Å². The summed E-state index contributed by atoms with van der Waals surface area (Å²) in [5.41, 5.74) is 4.15. The summed E-state index contributed by atoms with van der Waals surface area (Å²) in [4.78, 5) is 8.28. The van der Waals surface area contributed by atoms with Crippen LogP contribution >= 0.6 is 0 Å². The van der Waals surface area contributed by atoms with Gasteiger partial charge in [-0.1, -0.05) is 33.1 Å². The highest BCUT2D eigenvalue weighted by molar-refractivity contribution is 5.84. The van der Waals surface area contributed by atoms with Gasteiger partial charge in [-0.3, -0.25) is 0 Å². The van der Waals surface area contributed by atoms with Gasteiger partial charge in [0, 0.05) is 0 Å². The number of hydrogen-bond acceptors (Lipinski definition) is 2. The number of unbranched alkanes of at least 4 members (excludes halogenated alkanes) is 3. The van der Waals surface area contributed by atoms with Crippen LogP contribution < -0.4 is 5.32 Å². The first-order chi connectivity index (χ1) is 9.15. The molecule has 0 aliphatic carbocycles. The van der Waals surface area contributed by atoms with Crippen LogP contribution in [-0.4, -0.2) is 25.1 Å². The van der Waals surface area contributed by atoms with Crippen molar-refractivity contribution in [1.82, 2.24) is 5.32 Å². The fourth-order valence-electron chi connectivity index (χ4n) is 1.64. The van der Waals surface area contributed by atoms with Crippen LogP contribution in [0, 0.1) is 0 Å². The van der Waals surface area contributed by atoms with Gasteiger partial charge in [-0.05, 0) is 46.0 Å². The van der Waals surface area contributed by atoms with Crippen molar-refractivity contribution in [3.63, 3.8) is 0 Å². The summed E-state index contributed by atoms with van der Waals surface area (Å²) in [5, 5.41) is 3.49. The monoisotopic (exact) mass is 263 g/mol. The molecule has 0 saturated carbocycles. The molecule has 0 saturated heterocycles. The summed E-state index contributed by atoms with van der Waals surface area (Å²) in [6.45, 7) is 12.8. The molecule has 3 nitrogen and oxygen atoms in total. The maximum Gasteiger partial charge on any atom is 0.125 e. The van der Waals surface area contributed by atoms with E-state index in [1.807, 2.05) is 13.0 Å². The van der Waals surface area contributed by atoms with Gasteiger partial charge in [-0.2, -0.15) is 0 Å². The zero-order valence-corrected chi connectivity index (χ0v) is 13.0. The molecule has 0 aromatic rings. The van der Waals surface area contributed by atoms with Crippen molar-refractivity contribution in [1.29, 1.82) is 0 Å². The Hall–Kier alpha value is -1.18. The first kappa shape index (κ1) is 17.8. The third-order valence-corrected chi connectivity index (χ3v) is 2.86. The van der Waals surface area contributed by atoms with E-state index in [2.05, 4.69) is 48.5 Å². The van der Waals surface area contributed by atoms with Gasteiger partial charge in [-0.15, -0.1) is 5.73 Å². The second kappa shape index (κ2) is 11.9. The topological polar surface area (TPSA) is 36.8 Å². The minimum absolute atomic E-state index is 0.195. The lowest BCUT2D eigenvalue weighted by Crippen LogP contribution is -2.28. The predicted molar refractivity (Wildman–Crippen MR) is 86.2 cm³/mol. The average molecular weight is 263 g/mol. The second-order valence-corrected chi connectivity index (χ2v) is 4.70. The van der Waals surface area contributed by atoms with Crippen LogP contribution in [0.15, 0.2) is 27.5 Å². The van der Waals surface area contributed by atoms with Gasteiger partial charge in [0.15, 0.2) is 0 Å². The average Bonchev–Trinajstić information content (AvgIpc) is 2.42. The van der Waals surface area contributed by atoms with Crippen molar-refractivity contribution >= 4 is 12.6 Å². The van der Waals surface area contributed by atoms with E-state index in [4.69, 9.17) is 0 Å². The molecular weight excluding hydrogens is 234 g/mol. The zero-order valence-electron chi connectivity index (χ0n) is 13.0. The summed E-state index contributed by atoms with van der Waals surface area (Å²) >= 11 is 0. The van der Waals surface area contributed by atoms with E-state index in [1.54, 1.807) is 0 Å². The molecule has 19 heavy (non-hydrogen) atoms. The van der Waals surface area contributed by atoms with E-state index in [0.717, 1.165) is 18.7 Å². The standard InChI is InChI=1S/C16H29N3/c1-6-8-10-11-13-18-14(3)16(12-9-7-2)19-15(4)17-5/h9,14,18H,5-8,10-11,13H2,1-4H3. The highest BCUT2D eigenvalue weighted by Crippen LogP contribution is 2.05. The molecule has 1 unspecified atom stereocenters. The van der Waals surface area contributed by atoms with Crippen LogP contribution in [-0.2, 0) is 0 Å². The highest BCUT2D eigenvalue weighted by Gasteiger charge is 2.06. The molecular formula is C16H29N3. The Labute approximate surface area is 118 Å². The fourth-order valence-corrected chi connectivity index (χ4v) is 1.64. The van der Waals surface area contributed by atoms with Crippen molar-refractivity contribution in [2.24, 2.45) is 9.98 Å². The highest BCUT2D eigenvalue weighted by atomic mass is 15.0. The molecule has 0 spiro atoms. The molecule has 108 valence electrons. The number of amidine groups is 1. The van der Waals surface area contributed by atoms with Gasteiger partial charge < -0.3 is 5.32 Å². The number of hydrogen-bond donors (Lipinski definition) is 1. The maximum absolute atomic E-state index is 4.45. The van der Waals surface area contributed by atoms with Gasteiger partial charge in [0.1, 0.15) is 11.5 Å². The van der Waals surface area contributed by atoms with E-state index in [-0.39, 0.29) is 6.04 Å². The molecule has 0 radical (unpaired) electrons. The normalized spacial score (nSPS) is 12.7. The van der Waals surface area contributed by atoms with Gasteiger partial charge >= 0.3 is 0 Å². The maximum atomic E-state index is 4.45. The molecule has 0 aliphatic heterocycles. The first-order valence-corrected chi connectivity index (χ1v) is 7.36. The molecule has 0 aromatic carbocycles. The van der Waals surface area contributed by atoms with Gasteiger partial charge in [-0.25, -0.2) is 9.98 Å². The molecule has 0 heterocycles. The molecule has 0 fully saturated rings. The van der Waals surface area contributed by atoms with Crippen LogP contribution in [0.3, 0.4) is 0 Å². The van der Waals surface area contributed by atoms with Gasteiger partial charge in [0.2, 0.25) is 0 Å². The Morgan fingerprint density at radius 2 is 2.05 bits per heavy atom. The van der Waals surface area contributed by atoms with E-state index >= 15 is 0 Å². The number of nitrogens with zero attached hydrogens (tertiary/aromatic N) is 2. The number of aliphatic imine (C=N–C) groups is 2. The Bertz CT molecular complexity index is 336. The van der Waals surface area contributed by atoms with Crippen LogP contribution in [0.2, 0.25) is 0 Å². The quantitative estimate of drug-likeness (QED) is 0.289. The first-order valence-electron chi connectivity index (χ1n) is 7.36. The molecule has 0 rings (SSSR count). The van der Waals surface area contributed by atoms with E-state index in [9.17, 15) is 0 Å². The lowest BCUT2D eigenvalue weighted by molar-refractivity contribution is 0.557. The van der Waals surface area contributed by atoms with Crippen molar-refractivity contribution in [2.75, 3.05) is 6.54 Å². The fraction of sp³-hybridized carbons (Fsp3) is 0.688. The van der Waals surface area contributed by atoms with E-state index in [0.29, 0.717) is 5.84 Å². The lowest BCUT2D eigenvalue weighted by atomic mass is 10.2. The van der Waals surface area contributed by atoms with E-state index in [1.165, 1.54) is 25.7 Å². The smallest absolute Gasteiger partial charge is 0.125 e. The summed E-state index contributed by atoms with van der Waals surface area (Å²) in [7, 11) is 0. The Morgan fingerprint density at radius 3 is 2.63 bits per heavy atom. The van der Waals surface area contributed by atoms with Crippen LogP contribution in [0.1, 0.15) is 59.8 Å². The van der Waals surface area contributed by atoms with E-state index < -0.39 is 0 Å². The zero-order chi connectivity index (χ0) is 14.5. The summed E-state index contributed by atoms with van der Waals surface area (Å²) < 4.78 is 0. The molecule has 3 heteroatoms. The van der Waals surface area contributed by atoms with Crippen molar-refractivity contribution in [3.8, 4) is 0 Å². The Morgan fingerprint density at radius 1 is 1.32 bits per heavy atom. The van der Waals surface area contributed by atoms with Crippen molar-refractivity contribution < 1.29 is 0 Å². The Kier molecular flexibility index (Phi) is 11.1. The Balaban J connectivity index is 4.44. The molecule has 0 bridgehead atoms. The summed E-state index contributed by atoms with van der Waals surface area (Å²) in [5.74, 6) is 0.687. The molecule has 0 aliphatic rings. The SMILES string of the molecule is C=NC(C)=NC(=C=CCC)C(C)NCCCCCC. The van der Waals surface area contributed by atoms with Crippen molar-refractivity contribution in [3.05, 3.63) is 17.5 Å². The van der Waals surface area contributed by atoms with Gasteiger partial charge in [0.25, 0.3) is 0 Å². The molecule has 1 N–H and O–H groups in total. The van der Waals surface area contributed by atoms with Crippen LogP contribution in [0.4, 0.5) is 0 Å². The predicted octanol–water partition coefficient (Wildman–Crippen LogP) is 4.11. The van der Waals surface area contributed by atoms with Crippen LogP contribution in [0.5, 0.6) is 0 Å². The summed E-state index contributed by atoms with van der Waals surface area (Å²) in [6, 6.07) is 0.195. The van der Waals surface area contributed by atoms with Crippen molar-refractivity contribution in [2.45, 2.75) is 65.8 Å². The number of nitrogens with one attached hydrogen (secondary N) is 1. The third kappa shape index (κ3) is 9.40. The van der Waals surface area contributed by atoms with Gasteiger partial charge in [0.05, 0.1) is 6.04 Å². The molecule has 0 amide bonds. The largest absolute Gasteiger partial charge is 0.308 e. The minimum atomic E-state index is 0.195. The third-order valence-electron chi connectivity index (χ3n) is 2.86. The lowest BCUT2D eigenvalue weighted by Gasteiger charge is -2.13. The summed E-state index contributed by atoms with van der Waals surface area (Å²) in [6.07, 6.45) is 8.05. The molecule has 0 aromatic heterocycles.